The summed E-state index contributed by atoms with van der Waals surface area (Å²) in [5, 5.41) is 1.13. The van der Waals surface area contributed by atoms with Crippen LogP contribution in [0.2, 0.25) is 0 Å². The minimum Gasteiger partial charge on any atom is -0.377 e. The predicted molar refractivity (Wildman–Crippen MR) is 73.3 cm³/mol. The number of alkyl halides is 1. The molecule has 0 aliphatic carbocycles. The van der Waals surface area contributed by atoms with E-state index in [-0.39, 0.29) is 0 Å². The standard InChI is InChI=1S/C13H26BrNO/c1-3-15(9-7-12(2)6-8-14)11-13-5-4-10-16-13/h12-13H,3-11H2,1-2H3. The first-order valence-corrected chi connectivity index (χ1v) is 7.78. The molecule has 1 rings (SSSR count). The van der Waals surface area contributed by atoms with E-state index < -0.39 is 0 Å². The fourth-order valence-electron chi connectivity index (χ4n) is 2.19. The Hall–Kier alpha value is 0.400. The zero-order chi connectivity index (χ0) is 11.8. The first-order valence-electron chi connectivity index (χ1n) is 6.66. The Morgan fingerprint density at radius 3 is 2.81 bits per heavy atom. The zero-order valence-electron chi connectivity index (χ0n) is 10.8. The SMILES string of the molecule is CCN(CCC(C)CCBr)CC1CCCO1. The summed E-state index contributed by atoms with van der Waals surface area (Å²) >= 11 is 3.51. The van der Waals surface area contributed by atoms with E-state index in [9.17, 15) is 0 Å². The summed E-state index contributed by atoms with van der Waals surface area (Å²) in [5.74, 6) is 0.831. The van der Waals surface area contributed by atoms with Gasteiger partial charge in [0.2, 0.25) is 0 Å². The average Bonchev–Trinajstić information content (AvgIpc) is 2.77. The van der Waals surface area contributed by atoms with Crippen LogP contribution in [0.4, 0.5) is 0 Å². The number of likely N-dealkylation sites (N-methyl/N-ethyl adjacent to an activating group) is 1. The predicted octanol–water partition coefficient (Wildman–Crippen LogP) is 3.30. The molecule has 1 aliphatic heterocycles. The Morgan fingerprint density at radius 1 is 1.44 bits per heavy atom. The van der Waals surface area contributed by atoms with E-state index in [0.717, 1.165) is 30.9 Å². The topological polar surface area (TPSA) is 12.5 Å². The fourth-order valence-corrected chi connectivity index (χ4v) is 2.97. The van der Waals surface area contributed by atoms with Gasteiger partial charge < -0.3 is 9.64 Å². The van der Waals surface area contributed by atoms with E-state index >= 15 is 0 Å². The molecule has 0 aromatic heterocycles. The van der Waals surface area contributed by atoms with Crippen LogP contribution in [0.5, 0.6) is 0 Å². The third-order valence-electron chi connectivity index (χ3n) is 3.47. The van der Waals surface area contributed by atoms with Gasteiger partial charge in [-0.2, -0.15) is 0 Å². The molecule has 1 fully saturated rings. The summed E-state index contributed by atoms with van der Waals surface area (Å²) < 4.78 is 5.69. The molecule has 2 atom stereocenters. The normalized spacial score (nSPS) is 22.9. The van der Waals surface area contributed by atoms with Gasteiger partial charge in [-0.3, -0.25) is 0 Å². The van der Waals surface area contributed by atoms with E-state index in [0.29, 0.717) is 6.10 Å². The maximum atomic E-state index is 5.69. The minimum atomic E-state index is 0.506. The molecule has 0 bridgehead atoms. The maximum Gasteiger partial charge on any atom is 0.0702 e. The second kappa shape index (κ2) is 8.48. The van der Waals surface area contributed by atoms with Crippen LogP contribution in [0.1, 0.15) is 39.5 Å². The lowest BCUT2D eigenvalue weighted by atomic mass is 10.0. The molecule has 1 heterocycles. The Morgan fingerprint density at radius 2 is 2.25 bits per heavy atom. The number of nitrogens with zero attached hydrogens (tertiary/aromatic N) is 1. The Bertz CT molecular complexity index is 171. The van der Waals surface area contributed by atoms with Crippen molar-refractivity contribution in [2.45, 2.75) is 45.6 Å². The summed E-state index contributed by atoms with van der Waals surface area (Å²) in [6.07, 6.45) is 5.62. The fraction of sp³-hybridized carbons (Fsp3) is 1.00. The van der Waals surface area contributed by atoms with E-state index in [1.54, 1.807) is 0 Å². The molecule has 0 saturated carbocycles. The van der Waals surface area contributed by atoms with Gasteiger partial charge >= 0.3 is 0 Å². The summed E-state index contributed by atoms with van der Waals surface area (Å²) in [6.45, 7) is 9.09. The van der Waals surface area contributed by atoms with E-state index in [1.807, 2.05) is 0 Å². The maximum absolute atomic E-state index is 5.69. The van der Waals surface area contributed by atoms with Crippen LogP contribution in [-0.4, -0.2) is 42.6 Å². The highest BCUT2D eigenvalue weighted by atomic mass is 79.9. The van der Waals surface area contributed by atoms with Crippen molar-refractivity contribution >= 4 is 15.9 Å². The summed E-state index contributed by atoms with van der Waals surface area (Å²) in [7, 11) is 0. The molecule has 0 aromatic rings. The lowest BCUT2D eigenvalue weighted by molar-refractivity contribution is 0.0731. The highest BCUT2D eigenvalue weighted by molar-refractivity contribution is 9.09. The van der Waals surface area contributed by atoms with Crippen LogP contribution in [-0.2, 0) is 4.74 Å². The van der Waals surface area contributed by atoms with Gasteiger partial charge in [0.15, 0.2) is 0 Å². The number of rotatable bonds is 8. The lowest BCUT2D eigenvalue weighted by Gasteiger charge is -2.24. The van der Waals surface area contributed by atoms with Gasteiger partial charge in [-0.25, -0.2) is 0 Å². The molecule has 2 unspecified atom stereocenters. The molecule has 2 nitrogen and oxygen atoms in total. The number of hydrogen-bond acceptors (Lipinski definition) is 2. The molecule has 0 amide bonds. The lowest BCUT2D eigenvalue weighted by Crippen LogP contribution is -2.33. The molecule has 0 spiro atoms. The van der Waals surface area contributed by atoms with Crippen LogP contribution in [0, 0.1) is 5.92 Å². The van der Waals surface area contributed by atoms with Gasteiger partial charge in [-0.15, -0.1) is 0 Å². The third kappa shape index (κ3) is 5.65. The Labute approximate surface area is 109 Å². The summed E-state index contributed by atoms with van der Waals surface area (Å²) in [6, 6.07) is 0. The third-order valence-corrected chi connectivity index (χ3v) is 3.93. The van der Waals surface area contributed by atoms with Crippen molar-refractivity contribution in [3.8, 4) is 0 Å². The molecule has 0 N–H and O–H groups in total. The highest BCUT2D eigenvalue weighted by Crippen LogP contribution is 2.15. The van der Waals surface area contributed by atoms with Crippen LogP contribution in [0.25, 0.3) is 0 Å². The second-order valence-electron chi connectivity index (χ2n) is 4.90. The largest absolute Gasteiger partial charge is 0.377 e. The first-order chi connectivity index (χ1) is 7.76. The van der Waals surface area contributed by atoms with Crippen molar-refractivity contribution in [2.24, 2.45) is 5.92 Å². The molecule has 3 heteroatoms. The first kappa shape index (κ1) is 14.5. The van der Waals surface area contributed by atoms with Crippen molar-refractivity contribution in [2.75, 3.05) is 31.6 Å². The molecule has 1 saturated heterocycles. The Balaban J connectivity index is 2.15. The zero-order valence-corrected chi connectivity index (χ0v) is 12.3. The van der Waals surface area contributed by atoms with Gasteiger partial charge in [-0.05, 0) is 44.7 Å². The number of halogens is 1. The van der Waals surface area contributed by atoms with Crippen molar-refractivity contribution in [3.05, 3.63) is 0 Å². The van der Waals surface area contributed by atoms with Crippen molar-refractivity contribution in [3.63, 3.8) is 0 Å². The smallest absolute Gasteiger partial charge is 0.0702 e. The van der Waals surface area contributed by atoms with Gasteiger partial charge in [0.25, 0.3) is 0 Å². The molecular formula is C13H26BrNO. The summed E-state index contributed by atoms with van der Waals surface area (Å²) in [4.78, 5) is 2.54. The van der Waals surface area contributed by atoms with Crippen LogP contribution in [0.3, 0.4) is 0 Å². The van der Waals surface area contributed by atoms with Crippen LogP contribution in [0.15, 0.2) is 0 Å². The number of hydrogen-bond donors (Lipinski definition) is 0. The van der Waals surface area contributed by atoms with E-state index in [2.05, 4.69) is 34.7 Å². The Kier molecular flexibility index (Phi) is 7.67. The average molecular weight is 292 g/mol. The van der Waals surface area contributed by atoms with E-state index in [4.69, 9.17) is 4.74 Å². The monoisotopic (exact) mass is 291 g/mol. The molecule has 1 aliphatic rings. The second-order valence-corrected chi connectivity index (χ2v) is 5.69. The molecule has 16 heavy (non-hydrogen) atoms. The summed E-state index contributed by atoms with van der Waals surface area (Å²) in [5.41, 5.74) is 0. The van der Waals surface area contributed by atoms with Crippen LogP contribution < -0.4 is 0 Å². The molecule has 96 valence electrons. The van der Waals surface area contributed by atoms with Crippen LogP contribution >= 0.6 is 15.9 Å². The molecule has 0 aromatic carbocycles. The quantitative estimate of drug-likeness (QED) is 0.636. The van der Waals surface area contributed by atoms with Crippen molar-refractivity contribution in [1.82, 2.24) is 4.90 Å². The van der Waals surface area contributed by atoms with Gasteiger partial charge in [-0.1, -0.05) is 29.8 Å². The molecule has 0 radical (unpaired) electrons. The number of ether oxygens (including phenoxy) is 1. The van der Waals surface area contributed by atoms with Gasteiger partial charge in [0, 0.05) is 18.5 Å². The van der Waals surface area contributed by atoms with Crippen molar-refractivity contribution < 1.29 is 4.74 Å². The van der Waals surface area contributed by atoms with Gasteiger partial charge in [0.05, 0.1) is 6.10 Å². The van der Waals surface area contributed by atoms with Gasteiger partial charge in [0.1, 0.15) is 0 Å². The minimum absolute atomic E-state index is 0.506. The van der Waals surface area contributed by atoms with E-state index in [1.165, 1.54) is 32.2 Å². The van der Waals surface area contributed by atoms with Crippen molar-refractivity contribution in [1.29, 1.82) is 0 Å². The highest BCUT2D eigenvalue weighted by Gasteiger charge is 2.18. The molecular weight excluding hydrogens is 266 g/mol.